The van der Waals surface area contributed by atoms with Crippen LogP contribution in [0.2, 0.25) is 0 Å². The van der Waals surface area contributed by atoms with Gasteiger partial charge >= 0.3 is 0 Å². The first-order valence-electron chi connectivity index (χ1n) is 11.5. The lowest BCUT2D eigenvalue weighted by atomic mass is 10.1. The highest BCUT2D eigenvalue weighted by Gasteiger charge is 2.36. The van der Waals surface area contributed by atoms with Gasteiger partial charge in [0.2, 0.25) is 5.91 Å². The quantitative estimate of drug-likeness (QED) is 0.184. The lowest BCUT2D eigenvalue weighted by Gasteiger charge is -2.12. The predicted octanol–water partition coefficient (Wildman–Crippen LogP) is 5.55. The number of nitrogens with zero attached hydrogens (tertiary/aromatic N) is 3. The predicted molar refractivity (Wildman–Crippen MR) is 142 cm³/mol. The molecule has 0 spiro atoms. The number of hydrogen-bond donors (Lipinski definition) is 1. The van der Waals surface area contributed by atoms with Gasteiger partial charge < -0.3 is 9.88 Å². The molecule has 9 nitrogen and oxygen atoms in total. The molecule has 0 aliphatic carbocycles. The van der Waals surface area contributed by atoms with Gasteiger partial charge in [-0.2, -0.15) is 0 Å². The summed E-state index contributed by atoms with van der Waals surface area (Å²) >= 11 is 0.678. The molecule has 5 rings (SSSR count). The second-order valence-electron chi connectivity index (χ2n) is 8.59. The number of carbonyl (C=O) groups is 3. The first-order valence-corrected chi connectivity index (χ1v) is 12.3. The molecule has 0 radical (unpaired) electrons. The Labute approximate surface area is 223 Å². The zero-order chi connectivity index (χ0) is 27.7. The van der Waals surface area contributed by atoms with E-state index in [1.54, 1.807) is 18.2 Å². The minimum atomic E-state index is -0.984. The standard InChI is InChI=1S/C27H18F2N4O5S/c28-18-7-10-22(21(29)12-18)30-25(34)15-32-26(35)24(39-27(32)36)11-17-14-31(23-4-2-1-3-20(17)23)13-16-5-8-19(9-6-16)33(37)38/h1-12,14H,13,15H2,(H,30,34)/b24-11-. The van der Waals surface area contributed by atoms with E-state index in [4.69, 9.17) is 0 Å². The van der Waals surface area contributed by atoms with Crippen molar-refractivity contribution in [3.05, 3.63) is 111 Å². The summed E-state index contributed by atoms with van der Waals surface area (Å²) in [5.41, 5.74) is 2.06. The number of halogens is 2. The zero-order valence-electron chi connectivity index (χ0n) is 20.0. The molecule has 0 bridgehead atoms. The summed E-state index contributed by atoms with van der Waals surface area (Å²) < 4.78 is 28.9. The monoisotopic (exact) mass is 548 g/mol. The summed E-state index contributed by atoms with van der Waals surface area (Å²) in [6.07, 6.45) is 3.38. The highest BCUT2D eigenvalue weighted by atomic mass is 32.2. The number of amides is 3. The third-order valence-electron chi connectivity index (χ3n) is 5.99. The Bertz CT molecular complexity index is 1680. The summed E-state index contributed by atoms with van der Waals surface area (Å²) in [5.74, 6) is -3.28. The second-order valence-corrected chi connectivity index (χ2v) is 9.59. The minimum Gasteiger partial charge on any atom is -0.342 e. The number of anilines is 1. The number of fused-ring (bicyclic) bond motifs is 1. The Morgan fingerprint density at radius 2 is 1.79 bits per heavy atom. The number of imide groups is 1. The van der Waals surface area contributed by atoms with Gasteiger partial charge in [0.25, 0.3) is 16.8 Å². The van der Waals surface area contributed by atoms with Crippen LogP contribution < -0.4 is 5.32 Å². The molecule has 39 heavy (non-hydrogen) atoms. The molecule has 3 amide bonds. The van der Waals surface area contributed by atoms with Crippen molar-refractivity contribution in [1.82, 2.24) is 9.47 Å². The van der Waals surface area contributed by atoms with Crippen molar-refractivity contribution < 1.29 is 28.1 Å². The molecule has 1 N–H and O–H groups in total. The highest BCUT2D eigenvalue weighted by Crippen LogP contribution is 2.34. The summed E-state index contributed by atoms with van der Waals surface area (Å²) in [4.78, 5) is 49.3. The van der Waals surface area contributed by atoms with Crippen LogP contribution in [0.4, 0.5) is 25.0 Å². The zero-order valence-corrected chi connectivity index (χ0v) is 20.8. The molecule has 3 aromatic carbocycles. The van der Waals surface area contributed by atoms with Crippen LogP contribution in [0.15, 0.2) is 77.8 Å². The molecule has 4 aromatic rings. The van der Waals surface area contributed by atoms with Gasteiger partial charge in [-0.25, -0.2) is 8.78 Å². The van der Waals surface area contributed by atoms with Gasteiger partial charge in [-0.3, -0.25) is 29.4 Å². The van der Waals surface area contributed by atoms with E-state index in [-0.39, 0.29) is 16.3 Å². The number of nitrogens with one attached hydrogen (secondary N) is 1. The Morgan fingerprint density at radius 1 is 1.05 bits per heavy atom. The van der Waals surface area contributed by atoms with Crippen molar-refractivity contribution in [2.24, 2.45) is 0 Å². The molecular weight excluding hydrogens is 530 g/mol. The van der Waals surface area contributed by atoms with Crippen molar-refractivity contribution >= 4 is 57.2 Å². The number of benzene rings is 3. The third kappa shape index (κ3) is 5.41. The number of rotatable bonds is 7. The van der Waals surface area contributed by atoms with Crippen LogP contribution in [0.3, 0.4) is 0 Å². The van der Waals surface area contributed by atoms with Crippen LogP contribution >= 0.6 is 11.8 Å². The van der Waals surface area contributed by atoms with Crippen LogP contribution in [0.5, 0.6) is 0 Å². The maximum absolute atomic E-state index is 13.9. The molecule has 12 heteroatoms. The van der Waals surface area contributed by atoms with Gasteiger partial charge in [0.15, 0.2) is 0 Å². The van der Waals surface area contributed by atoms with Crippen LogP contribution in [0.25, 0.3) is 17.0 Å². The van der Waals surface area contributed by atoms with E-state index in [1.807, 2.05) is 35.0 Å². The smallest absolute Gasteiger partial charge is 0.294 e. The van der Waals surface area contributed by atoms with Crippen molar-refractivity contribution in [1.29, 1.82) is 0 Å². The van der Waals surface area contributed by atoms with Gasteiger partial charge in [-0.1, -0.05) is 30.3 Å². The first kappa shape index (κ1) is 25.8. The number of carbonyl (C=O) groups excluding carboxylic acids is 3. The number of para-hydroxylation sites is 1. The van der Waals surface area contributed by atoms with E-state index in [0.717, 1.165) is 33.5 Å². The van der Waals surface area contributed by atoms with Crippen molar-refractivity contribution in [3.63, 3.8) is 0 Å². The lowest BCUT2D eigenvalue weighted by molar-refractivity contribution is -0.384. The molecule has 1 aliphatic rings. The van der Waals surface area contributed by atoms with Gasteiger partial charge in [0.05, 0.1) is 15.5 Å². The van der Waals surface area contributed by atoms with Gasteiger partial charge in [0.1, 0.15) is 18.2 Å². The van der Waals surface area contributed by atoms with E-state index >= 15 is 0 Å². The number of hydrogen-bond acceptors (Lipinski definition) is 6. The maximum Gasteiger partial charge on any atom is 0.294 e. The summed E-state index contributed by atoms with van der Waals surface area (Å²) in [6, 6.07) is 16.3. The fourth-order valence-electron chi connectivity index (χ4n) is 4.14. The molecule has 1 saturated heterocycles. The number of thioether (sulfide) groups is 1. The van der Waals surface area contributed by atoms with E-state index in [9.17, 15) is 33.3 Å². The largest absolute Gasteiger partial charge is 0.342 e. The molecule has 0 saturated carbocycles. The molecular formula is C27H18F2N4O5S. The van der Waals surface area contributed by atoms with E-state index in [1.165, 1.54) is 12.1 Å². The summed E-state index contributed by atoms with van der Waals surface area (Å²) in [7, 11) is 0. The van der Waals surface area contributed by atoms with Crippen LogP contribution in [0.1, 0.15) is 11.1 Å². The minimum absolute atomic E-state index is 0.0102. The van der Waals surface area contributed by atoms with E-state index in [0.29, 0.717) is 29.9 Å². The molecule has 0 unspecified atom stereocenters. The lowest BCUT2D eigenvalue weighted by Crippen LogP contribution is -2.36. The second kappa shape index (κ2) is 10.5. The molecule has 1 aromatic heterocycles. The summed E-state index contributed by atoms with van der Waals surface area (Å²) in [5, 5.41) is 13.3. The van der Waals surface area contributed by atoms with E-state index < -0.39 is 40.2 Å². The number of nitro groups is 1. The first-order chi connectivity index (χ1) is 18.7. The Kier molecular flexibility index (Phi) is 6.94. The fourth-order valence-corrected chi connectivity index (χ4v) is 4.97. The van der Waals surface area contributed by atoms with Crippen LogP contribution in [0, 0.1) is 21.7 Å². The van der Waals surface area contributed by atoms with Crippen molar-refractivity contribution in [2.75, 3.05) is 11.9 Å². The Balaban J connectivity index is 1.36. The van der Waals surface area contributed by atoms with E-state index in [2.05, 4.69) is 5.32 Å². The topological polar surface area (TPSA) is 115 Å². The number of nitro benzene ring substituents is 1. The maximum atomic E-state index is 13.9. The van der Waals surface area contributed by atoms with Crippen LogP contribution in [-0.4, -0.2) is 38.0 Å². The van der Waals surface area contributed by atoms with Crippen LogP contribution in [-0.2, 0) is 16.1 Å². The summed E-state index contributed by atoms with van der Waals surface area (Å²) in [6.45, 7) is -0.228. The number of non-ortho nitro benzene ring substituents is 1. The van der Waals surface area contributed by atoms with Gasteiger partial charge in [0, 0.05) is 47.4 Å². The Morgan fingerprint density at radius 3 is 2.51 bits per heavy atom. The highest BCUT2D eigenvalue weighted by molar-refractivity contribution is 8.18. The molecule has 196 valence electrons. The van der Waals surface area contributed by atoms with Gasteiger partial charge in [-0.05, 0) is 41.6 Å². The van der Waals surface area contributed by atoms with Gasteiger partial charge in [-0.15, -0.1) is 0 Å². The molecule has 1 fully saturated rings. The molecule has 2 heterocycles. The van der Waals surface area contributed by atoms with Crippen molar-refractivity contribution in [2.45, 2.75) is 6.54 Å². The number of aromatic nitrogens is 1. The average Bonchev–Trinajstić information content (AvgIpc) is 3.38. The fraction of sp³-hybridized carbons (Fsp3) is 0.0741. The third-order valence-corrected chi connectivity index (χ3v) is 6.89. The molecule has 0 atom stereocenters. The van der Waals surface area contributed by atoms with Crippen molar-refractivity contribution in [3.8, 4) is 0 Å². The molecule has 1 aliphatic heterocycles. The average molecular weight is 549 g/mol. The SMILES string of the molecule is O=C(CN1C(=O)S/C(=C\c2cn(Cc3ccc([N+](=O)[O-])cc3)c3ccccc23)C1=O)Nc1ccc(F)cc1F. The normalized spacial score (nSPS) is 14.4. The Hall–Kier alpha value is -4.84.